The highest BCUT2D eigenvalue weighted by Gasteiger charge is 1.96. The molecule has 0 fully saturated rings. The van der Waals surface area contributed by atoms with Gasteiger partial charge in [0.1, 0.15) is 8.66 Å². The highest BCUT2D eigenvalue weighted by Crippen LogP contribution is 2.23. The molecular formula is C15H14N2S4. The van der Waals surface area contributed by atoms with Crippen LogP contribution >= 0.6 is 47.9 Å². The summed E-state index contributed by atoms with van der Waals surface area (Å²) in [6.07, 6.45) is 0. The maximum atomic E-state index is 5.33. The smallest absolute Gasteiger partial charge is 0.148 e. The van der Waals surface area contributed by atoms with E-state index in [1.54, 1.807) is 11.3 Å². The number of nitrogens with zero attached hydrogens (tertiary/aromatic N) is 1. The van der Waals surface area contributed by atoms with Gasteiger partial charge in [0.2, 0.25) is 0 Å². The van der Waals surface area contributed by atoms with Crippen molar-refractivity contribution in [1.29, 1.82) is 0 Å². The van der Waals surface area contributed by atoms with Crippen LogP contribution < -0.4 is 5.73 Å². The maximum Gasteiger partial charge on any atom is 0.148 e. The molecule has 0 aliphatic heterocycles. The van der Waals surface area contributed by atoms with Gasteiger partial charge in [-0.2, -0.15) is 0 Å². The molecule has 2 N–H and O–H groups in total. The van der Waals surface area contributed by atoms with Crippen LogP contribution in [0, 0.1) is 0 Å². The van der Waals surface area contributed by atoms with E-state index >= 15 is 0 Å². The fourth-order valence-corrected chi connectivity index (χ4v) is 3.38. The molecule has 3 aromatic rings. The Bertz CT molecular complexity index is 677. The minimum absolute atomic E-state index is 0.508. The fourth-order valence-electron chi connectivity index (χ4n) is 1.59. The van der Waals surface area contributed by atoms with Crippen LogP contribution in [0.15, 0.2) is 58.9 Å². The van der Waals surface area contributed by atoms with Crippen molar-refractivity contribution in [1.82, 2.24) is 4.98 Å². The molecule has 0 bridgehead atoms. The second kappa shape index (κ2) is 8.38. The summed E-state index contributed by atoms with van der Waals surface area (Å²) in [4.78, 5) is 4.20. The number of thiocarbonyl (C=S) groups is 1. The summed E-state index contributed by atoms with van der Waals surface area (Å²) in [6, 6.07) is 18.2. The summed E-state index contributed by atoms with van der Waals surface area (Å²) in [7, 11) is 0. The number of thiol groups is 1. The molecule has 1 aromatic heterocycles. The molecule has 3 rings (SSSR count). The number of thiazole rings is 1. The van der Waals surface area contributed by atoms with E-state index in [1.807, 2.05) is 42.5 Å². The van der Waals surface area contributed by atoms with Crippen LogP contribution in [0.1, 0.15) is 5.56 Å². The molecule has 1 heterocycles. The van der Waals surface area contributed by atoms with Crippen molar-refractivity contribution in [3.8, 4) is 0 Å². The van der Waals surface area contributed by atoms with Crippen molar-refractivity contribution >= 4 is 62.5 Å². The SMILES string of the molecule is NC(=S)SCc1ccccc1.Sc1nc2ccccc2s1. The van der Waals surface area contributed by atoms with E-state index in [0.29, 0.717) is 4.32 Å². The lowest BCUT2D eigenvalue weighted by Gasteiger charge is -1.97. The molecule has 2 nitrogen and oxygen atoms in total. The lowest BCUT2D eigenvalue weighted by Crippen LogP contribution is -2.01. The third-order valence-electron chi connectivity index (χ3n) is 2.51. The average molecular weight is 351 g/mol. The van der Waals surface area contributed by atoms with Crippen LogP contribution in [-0.4, -0.2) is 9.30 Å². The Morgan fingerprint density at radius 1 is 1.14 bits per heavy atom. The summed E-state index contributed by atoms with van der Waals surface area (Å²) in [6.45, 7) is 0. The van der Waals surface area contributed by atoms with Gasteiger partial charge in [-0.15, -0.1) is 24.0 Å². The summed E-state index contributed by atoms with van der Waals surface area (Å²) in [5.74, 6) is 0.871. The molecule has 2 aromatic carbocycles. The van der Waals surface area contributed by atoms with Crippen molar-refractivity contribution in [3.05, 3.63) is 60.2 Å². The monoisotopic (exact) mass is 350 g/mol. The van der Waals surface area contributed by atoms with Gasteiger partial charge >= 0.3 is 0 Å². The Morgan fingerprint density at radius 2 is 1.81 bits per heavy atom. The first-order valence-electron chi connectivity index (χ1n) is 6.16. The van der Waals surface area contributed by atoms with Crippen molar-refractivity contribution in [2.45, 2.75) is 10.1 Å². The second-order valence-electron chi connectivity index (χ2n) is 4.06. The average Bonchev–Trinajstić information content (AvgIpc) is 2.87. The molecule has 108 valence electrons. The highest BCUT2D eigenvalue weighted by atomic mass is 32.2. The van der Waals surface area contributed by atoms with Gasteiger partial charge in [-0.05, 0) is 17.7 Å². The first kappa shape index (κ1) is 16.3. The zero-order valence-electron chi connectivity index (χ0n) is 11.1. The zero-order chi connectivity index (χ0) is 15.1. The molecule has 0 unspecified atom stereocenters. The Morgan fingerprint density at radius 3 is 2.48 bits per heavy atom. The number of nitrogens with two attached hydrogens (primary N) is 1. The van der Waals surface area contributed by atoms with Gasteiger partial charge in [0, 0.05) is 5.75 Å². The number of benzene rings is 2. The number of para-hydroxylation sites is 1. The van der Waals surface area contributed by atoms with Gasteiger partial charge in [-0.25, -0.2) is 4.98 Å². The minimum Gasteiger partial charge on any atom is -0.385 e. The zero-order valence-corrected chi connectivity index (χ0v) is 14.4. The second-order valence-corrected chi connectivity index (χ2v) is 7.53. The standard InChI is InChI=1S/C8H9NS2.C7H5NS2/c9-8(10)11-6-7-4-2-1-3-5-7;9-7-8-5-3-1-2-4-6(5)10-7/h1-5H,6H2,(H2,9,10);1-4H,(H,8,9). The molecule has 0 aliphatic carbocycles. The summed E-state index contributed by atoms with van der Waals surface area (Å²) >= 11 is 12.0. The van der Waals surface area contributed by atoms with Crippen molar-refractivity contribution in [2.75, 3.05) is 0 Å². The van der Waals surface area contributed by atoms with Crippen molar-refractivity contribution < 1.29 is 0 Å². The van der Waals surface area contributed by atoms with E-state index in [4.69, 9.17) is 18.0 Å². The Balaban J connectivity index is 0.000000154. The van der Waals surface area contributed by atoms with E-state index in [1.165, 1.54) is 22.0 Å². The highest BCUT2D eigenvalue weighted by molar-refractivity contribution is 8.22. The summed E-state index contributed by atoms with van der Waals surface area (Å²) < 4.78 is 2.54. The van der Waals surface area contributed by atoms with Gasteiger partial charge in [-0.3, -0.25) is 0 Å². The van der Waals surface area contributed by atoms with Crippen LogP contribution in [0.2, 0.25) is 0 Å². The third kappa shape index (κ3) is 5.67. The Hall–Kier alpha value is -1.08. The number of rotatable bonds is 2. The Kier molecular flexibility index (Phi) is 6.50. The van der Waals surface area contributed by atoms with E-state index < -0.39 is 0 Å². The quantitative estimate of drug-likeness (QED) is 0.517. The largest absolute Gasteiger partial charge is 0.385 e. The lowest BCUT2D eigenvalue weighted by molar-refractivity contribution is 1.31. The topological polar surface area (TPSA) is 38.9 Å². The van der Waals surface area contributed by atoms with Gasteiger partial charge in [0.15, 0.2) is 0 Å². The van der Waals surface area contributed by atoms with E-state index in [9.17, 15) is 0 Å². The first-order chi connectivity index (χ1) is 10.1. The van der Waals surface area contributed by atoms with Crippen LogP contribution in [-0.2, 0) is 5.75 Å². The first-order valence-corrected chi connectivity index (χ1v) is 8.81. The van der Waals surface area contributed by atoms with Crippen molar-refractivity contribution in [3.63, 3.8) is 0 Å². The van der Waals surface area contributed by atoms with Crippen LogP contribution in [0.5, 0.6) is 0 Å². The third-order valence-corrected chi connectivity index (χ3v) is 4.84. The minimum atomic E-state index is 0.508. The molecule has 0 amide bonds. The van der Waals surface area contributed by atoms with Crippen LogP contribution in [0.3, 0.4) is 0 Å². The molecule has 21 heavy (non-hydrogen) atoms. The van der Waals surface area contributed by atoms with E-state index in [2.05, 4.69) is 29.7 Å². The molecular weight excluding hydrogens is 336 g/mol. The van der Waals surface area contributed by atoms with E-state index in [-0.39, 0.29) is 0 Å². The van der Waals surface area contributed by atoms with E-state index in [0.717, 1.165) is 15.6 Å². The number of thioether (sulfide) groups is 1. The summed E-state index contributed by atoms with van der Waals surface area (Å²) in [5.41, 5.74) is 7.63. The van der Waals surface area contributed by atoms with Gasteiger partial charge in [-0.1, -0.05) is 66.4 Å². The van der Waals surface area contributed by atoms with Crippen molar-refractivity contribution in [2.24, 2.45) is 5.73 Å². The fraction of sp³-hybridized carbons (Fsp3) is 0.0667. The lowest BCUT2D eigenvalue weighted by atomic mass is 10.2. The number of aromatic nitrogens is 1. The number of fused-ring (bicyclic) bond motifs is 1. The molecule has 0 aliphatic rings. The molecule has 0 radical (unpaired) electrons. The molecule has 0 saturated carbocycles. The van der Waals surface area contributed by atoms with Gasteiger partial charge in [0.05, 0.1) is 10.2 Å². The molecule has 0 spiro atoms. The molecule has 6 heteroatoms. The normalized spacial score (nSPS) is 9.95. The predicted molar refractivity (Wildman–Crippen MR) is 101 cm³/mol. The predicted octanol–water partition coefficient (Wildman–Crippen LogP) is 4.75. The Labute approximate surface area is 143 Å². The maximum absolute atomic E-state index is 5.33. The number of hydrogen-bond donors (Lipinski definition) is 2. The van der Waals surface area contributed by atoms with Crippen LogP contribution in [0.25, 0.3) is 10.2 Å². The van der Waals surface area contributed by atoms with Gasteiger partial charge < -0.3 is 5.73 Å². The summed E-state index contributed by atoms with van der Waals surface area (Å²) in [5, 5.41) is 0. The van der Waals surface area contributed by atoms with Crippen LogP contribution in [0.4, 0.5) is 0 Å². The molecule has 0 atom stereocenters. The number of hydrogen-bond acceptors (Lipinski definition) is 5. The molecule has 0 saturated heterocycles. The van der Waals surface area contributed by atoms with Gasteiger partial charge in [0.25, 0.3) is 0 Å².